The Bertz CT molecular complexity index is 747. The first kappa shape index (κ1) is 15.6. The Labute approximate surface area is 137 Å². The summed E-state index contributed by atoms with van der Waals surface area (Å²) in [5, 5.41) is 6.70. The monoisotopic (exact) mass is 330 g/mol. The van der Waals surface area contributed by atoms with Gasteiger partial charge in [-0.15, -0.1) is 11.8 Å². The van der Waals surface area contributed by atoms with Gasteiger partial charge in [-0.2, -0.15) is 0 Å². The minimum absolute atomic E-state index is 0.267. The van der Waals surface area contributed by atoms with Gasteiger partial charge in [-0.25, -0.2) is 4.39 Å². The number of halogens is 1. The standard InChI is InChI=1S/C17H15FN2O2S/c1-23-14-7-5-13(6-8-14)19-17(21)16-10-15(20-22-16)11-3-2-4-12(18)9-11/h2-9,16H,10H2,1H3,(H,19,21). The molecule has 1 aliphatic heterocycles. The smallest absolute Gasteiger partial charge is 0.268 e. The largest absolute Gasteiger partial charge is 0.382 e. The summed E-state index contributed by atoms with van der Waals surface area (Å²) in [5.41, 5.74) is 1.91. The number of oxime groups is 1. The fourth-order valence-electron chi connectivity index (χ4n) is 2.25. The minimum Gasteiger partial charge on any atom is -0.382 e. The third-order valence-electron chi connectivity index (χ3n) is 3.48. The molecule has 0 aliphatic carbocycles. The van der Waals surface area contributed by atoms with E-state index in [4.69, 9.17) is 4.84 Å². The quantitative estimate of drug-likeness (QED) is 0.870. The van der Waals surface area contributed by atoms with Gasteiger partial charge in [-0.3, -0.25) is 4.79 Å². The number of nitrogens with one attached hydrogen (secondary N) is 1. The lowest BCUT2D eigenvalue weighted by molar-refractivity contribution is -0.125. The number of carbonyl (C=O) groups is 1. The first-order valence-electron chi connectivity index (χ1n) is 7.09. The van der Waals surface area contributed by atoms with Gasteiger partial charge in [-0.1, -0.05) is 17.3 Å². The maximum absolute atomic E-state index is 13.2. The van der Waals surface area contributed by atoms with Crippen LogP contribution in [-0.4, -0.2) is 24.0 Å². The highest BCUT2D eigenvalue weighted by Gasteiger charge is 2.29. The van der Waals surface area contributed by atoms with Crippen molar-refractivity contribution in [3.63, 3.8) is 0 Å². The highest BCUT2D eigenvalue weighted by atomic mass is 32.2. The third-order valence-corrected chi connectivity index (χ3v) is 4.22. The normalized spacial score (nSPS) is 16.6. The van der Waals surface area contributed by atoms with Crippen molar-refractivity contribution in [1.29, 1.82) is 0 Å². The second-order valence-electron chi connectivity index (χ2n) is 5.06. The molecular weight excluding hydrogens is 315 g/mol. The molecule has 0 bridgehead atoms. The zero-order valence-electron chi connectivity index (χ0n) is 12.5. The third kappa shape index (κ3) is 3.71. The zero-order valence-corrected chi connectivity index (χ0v) is 13.3. The van der Waals surface area contributed by atoms with Crippen molar-refractivity contribution in [2.24, 2.45) is 5.16 Å². The van der Waals surface area contributed by atoms with Crippen LogP contribution < -0.4 is 5.32 Å². The van der Waals surface area contributed by atoms with Gasteiger partial charge < -0.3 is 10.2 Å². The van der Waals surface area contributed by atoms with Gasteiger partial charge in [-0.05, 0) is 42.7 Å². The van der Waals surface area contributed by atoms with Crippen LogP contribution in [0.15, 0.2) is 58.6 Å². The lowest BCUT2D eigenvalue weighted by Crippen LogP contribution is -2.28. The molecule has 3 rings (SSSR count). The summed E-state index contributed by atoms with van der Waals surface area (Å²) in [6.07, 6.45) is 1.61. The molecule has 1 amide bonds. The number of hydrogen-bond donors (Lipinski definition) is 1. The molecule has 0 fully saturated rings. The summed E-state index contributed by atoms with van der Waals surface area (Å²) >= 11 is 1.63. The van der Waals surface area contributed by atoms with Crippen LogP contribution in [0.4, 0.5) is 10.1 Å². The van der Waals surface area contributed by atoms with E-state index < -0.39 is 6.10 Å². The fraction of sp³-hybridized carbons (Fsp3) is 0.176. The second-order valence-corrected chi connectivity index (χ2v) is 5.94. The van der Waals surface area contributed by atoms with E-state index in [0.717, 1.165) is 4.90 Å². The van der Waals surface area contributed by atoms with Gasteiger partial charge in [0.1, 0.15) is 5.82 Å². The van der Waals surface area contributed by atoms with E-state index in [0.29, 0.717) is 23.4 Å². The summed E-state index contributed by atoms with van der Waals surface area (Å²) < 4.78 is 13.2. The van der Waals surface area contributed by atoms with E-state index in [1.165, 1.54) is 12.1 Å². The van der Waals surface area contributed by atoms with Gasteiger partial charge in [0.05, 0.1) is 5.71 Å². The summed E-state index contributed by atoms with van der Waals surface area (Å²) in [7, 11) is 0. The molecule has 1 aliphatic rings. The second kappa shape index (κ2) is 6.83. The van der Waals surface area contributed by atoms with E-state index in [1.807, 2.05) is 30.5 Å². The molecule has 23 heavy (non-hydrogen) atoms. The molecule has 2 aromatic rings. The molecule has 1 atom stereocenters. The van der Waals surface area contributed by atoms with Crippen molar-refractivity contribution >= 4 is 29.1 Å². The predicted octanol–water partition coefficient (Wildman–Crippen LogP) is 3.68. The number of thioether (sulfide) groups is 1. The summed E-state index contributed by atoms with van der Waals surface area (Å²) in [5.74, 6) is -0.607. The van der Waals surface area contributed by atoms with Gasteiger partial charge in [0.2, 0.25) is 6.10 Å². The van der Waals surface area contributed by atoms with Crippen LogP contribution in [0.25, 0.3) is 0 Å². The van der Waals surface area contributed by atoms with Crippen LogP contribution in [0.3, 0.4) is 0 Å². The number of nitrogens with zero attached hydrogens (tertiary/aromatic N) is 1. The molecule has 1 N–H and O–H groups in total. The zero-order chi connectivity index (χ0) is 16.2. The van der Waals surface area contributed by atoms with Crippen LogP contribution in [-0.2, 0) is 9.63 Å². The Kier molecular flexibility index (Phi) is 4.62. The number of rotatable bonds is 4. The molecule has 0 radical (unpaired) electrons. The van der Waals surface area contributed by atoms with Crippen LogP contribution in [0.2, 0.25) is 0 Å². The minimum atomic E-state index is -0.700. The maximum atomic E-state index is 13.2. The average Bonchev–Trinajstić information content (AvgIpc) is 3.06. The molecule has 0 spiro atoms. The van der Waals surface area contributed by atoms with Crippen molar-refractivity contribution in [2.45, 2.75) is 17.4 Å². The molecule has 0 saturated heterocycles. The number of carbonyl (C=O) groups excluding carboxylic acids is 1. The molecule has 118 valence electrons. The van der Waals surface area contributed by atoms with Crippen molar-refractivity contribution in [1.82, 2.24) is 0 Å². The van der Waals surface area contributed by atoms with Crippen molar-refractivity contribution < 1.29 is 14.0 Å². The van der Waals surface area contributed by atoms with Gasteiger partial charge in [0.25, 0.3) is 5.91 Å². The molecule has 4 nitrogen and oxygen atoms in total. The number of hydrogen-bond acceptors (Lipinski definition) is 4. The number of amides is 1. The van der Waals surface area contributed by atoms with Gasteiger partial charge in [0.15, 0.2) is 0 Å². The molecule has 2 aromatic carbocycles. The van der Waals surface area contributed by atoms with Crippen LogP contribution in [0, 0.1) is 5.82 Å². The first-order chi connectivity index (χ1) is 11.2. The van der Waals surface area contributed by atoms with Crippen molar-refractivity contribution in [2.75, 3.05) is 11.6 Å². The SMILES string of the molecule is CSc1ccc(NC(=O)C2CC(c3cccc(F)c3)=NO2)cc1. The lowest BCUT2D eigenvalue weighted by Gasteiger charge is -2.09. The number of anilines is 1. The lowest BCUT2D eigenvalue weighted by atomic mass is 10.0. The Hall–Kier alpha value is -2.34. The highest BCUT2D eigenvalue weighted by molar-refractivity contribution is 7.98. The molecule has 6 heteroatoms. The van der Waals surface area contributed by atoms with E-state index in [9.17, 15) is 9.18 Å². The summed E-state index contributed by atoms with van der Waals surface area (Å²) in [6, 6.07) is 13.6. The molecule has 1 heterocycles. The maximum Gasteiger partial charge on any atom is 0.268 e. The first-order valence-corrected chi connectivity index (χ1v) is 8.32. The van der Waals surface area contributed by atoms with Gasteiger partial charge >= 0.3 is 0 Å². The predicted molar refractivity (Wildman–Crippen MR) is 89.3 cm³/mol. The number of benzene rings is 2. The Morgan fingerprint density at radius 1 is 1.30 bits per heavy atom. The van der Waals surface area contributed by atoms with E-state index in [-0.39, 0.29) is 11.7 Å². The fourth-order valence-corrected chi connectivity index (χ4v) is 2.66. The van der Waals surface area contributed by atoms with Crippen molar-refractivity contribution in [3.8, 4) is 0 Å². The van der Waals surface area contributed by atoms with Crippen molar-refractivity contribution in [3.05, 3.63) is 59.9 Å². The molecule has 0 saturated carbocycles. The molecule has 1 unspecified atom stereocenters. The van der Waals surface area contributed by atoms with Gasteiger partial charge in [0, 0.05) is 22.6 Å². The summed E-state index contributed by atoms with van der Waals surface area (Å²) in [4.78, 5) is 18.5. The van der Waals surface area contributed by atoms with E-state index in [1.54, 1.807) is 23.9 Å². The van der Waals surface area contributed by atoms with E-state index >= 15 is 0 Å². The van der Waals surface area contributed by atoms with Crippen LogP contribution >= 0.6 is 11.8 Å². The average molecular weight is 330 g/mol. The Morgan fingerprint density at radius 2 is 2.09 bits per heavy atom. The van der Waals surface area contributed by atoms with Crippen LogP contribution in [0.1, 0.15) is 12.0 Å². The van der Waals surface area contributed by atoms with Crippen LogP contribution in [0.5, 0.6) is 0 Å². The Balaban J connectivity index is 1.62. The Morgan fingerprint density at radius 3 is 2.78 bits per heavy atom. The van der Waals surface area contributed by atoms with E-state index in [2.05, 4.69) is 10.5 Å². The topological polar surface area (TPSA) is 50.7 Å². The molecular formula is C17H15FN2O2S. The summed E-state index contributed by atoms with van der Waals surface area (Å²) in [6.45, 7) is 0. The molecule has 0 aromatic heterocycles. The highest BCUT2D eigenvalue weighted by Crippen LogP contribution is 2.21.